The zero-order valence-electron chi connectivity index (χ0n) is 22.0. The fraction of sp³-hybridized carbons (Fsp3) is 0.400. The average molecular weight is 615 g/mol. The van der Waals surface area contributed by atoms with E-state index in [-0.39, 0.29) is 45.9 Å². The summed E-state index contributed by atoms with van der Waals surface area (Å²) in [5.41, 5.74) is 3.32. The Hall–Kier alpha value is -4.51. The molecule has 3 aromatic rings. The SMILES string of the molecule is CN=C(N)C1=C(N=Cc2cn3ncnc3c(CCC(F)(F)C(F)(F)F)n2)NC(=O)C1(c1ccc(C(F)(F)F)cn1)C1CC1. The molecule has 1 amide bonds. The summed E-state index contributed by atoms with van der Waals surface area (Å²) in [4.78, 5) is 33.8. The molecule has 1 unspecified atom stereocenters. The van der Waals surface area contributed by atoms with Gasteiger partial charge in [0.05, 0.1) is 34.9 Å². The van der Waals surface area contributed by atoms with Gasteiger partial charge in [-0.1, -0.05) is 0 Å². The number of nitrogens with one attached hydrogen (secondary N) is 1. The monoisotopic (exact) mass is 615 g/mol. The van der Waals surface area contributed by atoms with Crippen LogP contribution in [-0.2, 0) is 22.8 Å². The van der Waals surface area contributed by atoms with E-state index in [1.807, 2.05) is 0 Å². The minimum Gasteiger partial charge on any atom is -0.384 e. The van der Waals surface area contributed by atoms with Crippen molar-refractivity contribution in [3.63, 3.8) is 0 Å². The van der Waals surface area contributed by atoms with Gasteiger partial charge in [-0.2, -0.15) is 40.2 Å². The van der Waals surface area contributed by atoms with Crippen LogP contribution in [0.4, 0.5) is 35.1 Å². The third-order valence-corrected chi connectivity index (χ3v) is 7.17. The van der Waals surface area contributed by atoms with Crippen LogP contribution >= 0.6 is 0 Å². The molecule has 3 N–H and O–H groups in total. The Morgan fingerprint density at radius 3 is 2.47 bits per heavy atom. The first-order valence-electron chi connectivity index (χ1n) is 12.6. The lowest BCUT2D eigenvalue weighted by Crippen LogP contribution is -2.44. The van der Waals surface area contributed by atoms with E-state index in [1.165, 1.54) is 13.2 Å². The summed E-state index contributed by atoms with van der Waals surface area (Å²) in [6.45, 7) is 0. The van der Waals surface area contributed by atoms with Gasteiger partial charge >= 0.3 is 18.3 Å². The van der Waals surface area contributed by atoms with Gasteiger partial charge in [-0.15, -0.1) is 0 Å². The fourth-order valence-corrected chi connectivity index (χ4v) is 4.94. The van der Waals surface area contributed by atoms with E-state index in [4.69, 9.17) is 5.73 Å². The number of fused-ring (bicyclic) bond motifs is 1. The highest BCUT2D eigenvalue weighted by atomic mass is 19.4. The Bertz CT molecular complexity index is 1650. The van der Waals surface area contributed by atoms with Crippen LogP contribution in [0.3, 0.4) is 0 Å². The maximum atomic E-state index is 13.6. The number of carbonyl (C=O) groups excluding carboxylic acids is 1. The van der Waals surface area contributed by atoms with Gasteiger partial charge in [-0.3, -0.25) is 14.8 Å². The number of alkyl halides is 8. The zero-order chi connectivity index (χ0) is 31.4. The van der Waals surface area contributed by atoms with E-state index in [0.29, 0.717) is 19.0 Å². The fourth-order valence-electron chi connectivity index (χ4n) is 4.94. The summed E-state index contributed by atoms with van der Waals surface area (Å²) in [6, 6.07) is 1.90. The smallest absolute Gasteiger partial charge is 0.384 e. The number of nitrogens with two attached hydrogens (primary N) is 1. The number of amidine groups is 1. The summed E-state index contributed by atoms with van der Waals surface area (Å²) >= 11 is 0. The molecule has 43 heavy (non-hydrogen) atoms. The standard InChI is InChI=1S/C25H21F8N9O/c1-35-18(34)17-19(41-21(43)23(17,12-2-3-12)16-5-4-13(8-36-16)24(28,29)30)37-9-14-10-42-20(38-11-39-42)15(40-14)6-7-22(26,27)25(31,32)33/h4-5,8-12H,2-3,6-7H2,1H3,(H2,34,35)(H,41,43). The van der Waals surface area contributed by atoms with Crippen molar-refractivity contribution in [2.75, 3.05) is 7.05 Å². The molecule has 1 aliphatic heterocycles. The molecule has 1 saturated carbocycles. The lowest BCUT2D eigenvalue weighted by Gasteiger charge is -2.29. The topological polar surface area (TPSA) is 136 Å². The van der Waals surface area contributed by atoms with Crippen LogP contribution in [0.25, 0.3) is 5.65 Å². The Morgan fingerprint density at radius 2 is 1.88 bits per heavy atom. The van der Waals surface area contributed by atoms with Crippen LogP contribution in [-0.4, -0.2) is 61.7 Å². The molecular weight excluding hydrogens is 594 g/mol. The van der Waals surface area contributed by atoms with Crippen LogP contribution in [0.15, 0.2) is 52.2 Å². The number of amides is 1. The number of halogens is 8. The lowest BCUT2D eigenvalue weighted by atomic mass is 9.72. The Morgan fingerprint density at radius 1 is 1.16 bits per heavy atom. The molecule has 5 rings (SSSR count). The Kier molecular flexibility index (Phi) is 7.20. The van der Waals surface area contributed by atoms with Gasteiger partial charge in [0.2, 0.25) is 5.91 Å². The van der Waals surface area contributed by atoms with Gasteiger partial charge in [0.1, 0.15) is 29.1 Å². The number of carbonyl (C=O) groups is 1. The molecule has 1 atom stereocenters. The van der Waals surface area contributed by atoms with Crippen molar-refractivity contribution in [1.82, 2.24) is 29.9 Å². The van der Waals surface area contributed by atoms with Crippen molar-refractivity contribution in [1.29, 1.82) is 0 Å². The number of aromatic nitrogens is 5. The average Bonchev–Trinajstić information content (AvgIpc) is 3.59. The van der Waals surface area contributed by atoms with E-state index >= 15 is 0 Å². The molecule has 18 heteroatoms. The highest BCUT2D eigenvalue weighted by Gasteiger charge is 2.61. The number of pyridine rings is 1. The Labute approximate surface area is 236 Å². The first kappa shape index (κ1) is 30.0. The van der Waals surface area contributed by atoms with Crippen LogP contribution in [0.2, 0.25) is 0 Å². The molecule has 228 valence electrons. The first-order valence-corrected chi connectivity index (χ1v) is 12.6. The number of aryl methyl sites for hydroxylation is 1. The number of aliphatic imine (C=N–C) groups is 2. The third-order valence-electron chi connectivity index (χ3n) is 7.17. The van der Waals surface area contributed by atoms with E-state index in [9.17, 15) is 39.9 Å². The second-order valence-corrected chi connectivity index (χ2v) is 9.90. The zero-order valence-corrected chi connectivity index (χ0v) is 22.0. The predicted octanol–water partition coefficient (Wildman–Crippen LogP) is 3.76. The molecule has 1 fully saturated rings. The summed E-state index contributed by atoms with van der Waals surface area (Å²) in [7, 11) is 1.34. The van der Waals surface area contributed by atoms with Crippen LogP contribution in [0.1, 0.15) is 41.9 Å². The minimum atomic E-state index is -5.75. The predicted molar refractivity (Wildman–Crippen MR) is 134 cm³/mol. The van der Waals surface area contributed by atoms with Crippen molar-refractivity contribution in [3.8, 4) is 0 Å². The van der Waals surface area contributed by atoms with E-state index in [0.717, 1.165) is 29.2 Å². The summed E-state index contributed by atoms with van der Waals surface area (Å²) in [6.07, 6.45) is -7.71. The van der Waals surface area contributed by atoms with Gasteiger partial charge < -0.3 is 11.1 Å². The molecule has 0 bridgehead atoms. The van der Waals surface area contributed by atoms with Gasteiger partial charge in [-0.25, -0.2) is 19.5 Å². The minimum absolute atomic E-state index is 0.00217. The molecule has 0 aromatic carbocycles. The van der Waals surface area contributed by atoms with Gasteiger partial charge in [-0.05, 0) is 37.3 Å². The highest BCUT2D eigenvalue weighted by molar-refractivity contribution is 6.12. The Balaban J connectivity index is 1.56. The number of hydrogen-bond donors (Lipinski definition) is 2. The first-order chi connectivity index (χ1) is 20.1. The molecule has 10 nitrogen and oxygen atoms in total. The molecular formula is C25H21F8N9O. The second-order valence-electron chi connectivity index (χ2n) is 9.90. The quantitative estimate of drug-likeness (QED) is 0.225. The molecule has 4 heterocycles. The van der Waals surface area contributed by atoms with Gasteiger partial charge in [0.25, 0.3) is 0 Å². The van der Waals surface area contributed by atoms with Crippen molar-refractivity contribution >= 4 is 23.6 Å². The van der Waals surface area contributed by atoms with Crippen molar-refractivity contribution < 1.29 is 39.9 Å². The van der Waals surface area contributed by atoms with E-state index < -0.39 is 48.0 Å². The summed E-state index contributed by atoms with van der Waals surface area (Å²) < 4.78 is 106. The van der Waals surface area contributed by atoms with Crippen LogP contribution < -0.4 is 11.1 Å². The normalized spacial score (nSPS) is 20.5. The number of rotatable bonds is 8. The molecule has 3 aromatic heterocycles. The largest absolute Gasteiger partial charge is 0.453 e. The highest BCUT2D eigenvalue weighted by Crippen LogP contribution is 2.54. The maximum absolute atomic E-state index is 13.6. The molecule has 2 aliphatic rings. The molecule has 0 spiro atoms. The van der Waals surface area contributed by atoms with Crippen LogP contribution in [0.5, 0.6) is 0 Å². The molecule has 1 aliphatic carbocycles. The summed E-state index contributed by atoms with van der Waals surface area (Å²) in [5.74, 6) is -6.27. The third kappa shape index (κ3) is 5.29. The maximum Gasteiger partial charge on any atom is 0.453 e. The van der Waals surface area contributed by atoms with Crippen LogP contribution in [0, 0.1) is 5.92 Å². The molecule has 0 saturated heterocycles. The lowest BCUT2D eigenvalue weighted by molar-refractivity contribution is -0.284. The molecule has 0 radical (unpaired) electrons. The van der Waals surface area contributed by atoms with E-state index in [2.05, 4.69) is 35.4 Å². The van der Waals surface area contributed by atoms with Crippen molar-refractivity contribution in [2.24, 2.45) is 21.6 Å². The van der Waals surface area contributed by atoms with Crippen molar-refractivity contribution in [3.05, 3.63) is 64.9 Å². The number of hydrogen-bond acceptors (Lipinski definition) is 7. The second kappa shape index (κ2) is 10.3. The number of nitrogens with zero attached hydrogens (tertiary/aromatic N) is 7. The van der Waals surface area contributed by atoms with Gasteiger partial charge in [0, 0.05) is 19.7 Å². The summed E-state index contributed by atoms with van der Waals surface area (Å²) in [5, 5.41) is 6.47. The van der Waals surface area contributed by atoms with Gasteiger partial charge in [0.15, 0.2) is 5.65 Å². The van der Waals surface area contributed by atoms with E-state index in [1.54, 1.807) is 0 Å². The van der Waals surface area contributed by atoms with Crippen molar-refractivity contribution in [2.45, 2.75) is 49.4 Å².